The van der Waals surface area contributed by atoms with E-state index in [1.807, 2.05) is 6.07 Å². The van der Waals surface area contributed by atoms with Crippen LogP contribution in [0.2, 0.25) is 0 Å². The lowest BCUT2D eigenvalue weighted by Crippen LogP contribution is -2.24. The topological polar surface area (TPSA) is 35.2 Å². The lowest BCUT2D eigenvalue weighted by Gasteiger charge is -2.12. The Hall–Kier alpha value is -1.09. The largest absolute Gasteiger partial charge is 0.493 e. The molecule has 1 saturated carbocycles. The summed E-state index contributed by atoms with van der Waals surface area (Å²) >= 11 is 0. The first-order valence-electron chi connectivity index (χ1n) is 4.75. The van der Waals surface area contributed by atoms with Crippen molar-refractivity contribution in [3.63, 3.8) is 0 Å². The van der Waals surface area contributed by atoms with E-state index in [0.717, 1.165) is 18.4 Å². The van der Waals surface area contributed by atoms with Crippen LogP contribution < -0.4 is 10.5 Å². The third kappa shape index (κ3) is 1.73. The van der Waals surface area contributed by atoms with Crippen LogP contribution in [0.1, 0.15) is 18.4 Å². The summed E-state index contributed by atoms with van der Waals surface area (Å²) in [4.78, 5) is 0. The molecule has 1 aliphatic rings. The number of benzene rings is 1. The first-order valence-corrected chi connectivity index (χ1v) is 4.75. The summed E-state index contributed by atoms with van der Waals surface area (Å²) < 4.78 is 18.3. The number of rotatable bonds is 3. The van der Waals surface area contributed by atoms with Crippen LogP contribution in [-0.4, -0.2) is 12.6 Å². The average Bonchev–Trinajstić information content (AvgIpc) is 2.84. The lowest BCUT2D eigenvalue weighted by atomic mass is 10.0. The number of halogens is 1. The molecular weight excluding hydrogens is 181 g/mol. The highest BCUT2D eigenvalue weighted by atomic mass is 19.1. The Morgan fingerprint density at radius 1 is 1.50 bits per heavy atom. The quantitative estimate of drug-likeness (QED) is 0.799. The molecular formula is C11H14FNO. The minimum absolute atomic E-state index is 0.110. The number of ether oxygens (including phenoxy) is 1. The number of hydrogen-bond acceptors (Lipinski definition) is 2. The molecule has 3 heteroatoms. The Morgan fingerprint density at radius 2 is 2.21 bits per heavy atom. The predicted octanol–water partition coefficient (Wildman–Crippen LogP) is 1.87. The van der Waals surface area contributed by atoms with Gasteiger partial charge in [0.2, 0.25) is 0 Å². The van der Waals surface area contributed by atoms with E-state index in [4.69, 9.17) is 10.5 Å². The molecule has 1 fully saturated rings. The van der Waals surface area contributed by atoms with Crippen LogP contribution in [0.5, 0.6) is 5.75 Å². The maximum atomic E-state index is 13.3. The fraction of sp³-hybridized carbons (Fsp3) is 0.455. The molecule has 0 spiro atoms. The first-order chi connectivity index (χ1) is 6.64. The summed E-state index contributed by atoms with van der Waals surface area (Å²) in [6, 6.07) is 4.96. The minimum atomic E-state index is -0.311. The van der Waals surface area contributed by atoms with Gasteiger partial charge in [0, 0.05) is 5.54 Å². The van der Waals surface area contributed by atoms with Crippen LogP contribution >= 0.6 is 0 Å². The Bertz CT molecular complexity index is 347. The molecule has 0 amide bonds. The van der Waals surface area contributed by atoms with E-state index >= 15 is 0 Å². The smallest absolute Gasteiger partial charge is 0.165 e. The van der Waals surface area contributed by atoms with Gasteiger partial charge in [0.15, 0.2) is 11.6 Å². The van der Waals surface area contributed by atoms with Crippen LogP contribution in [-0.2, 0) is 6.42 Å². The Balaban J connectivity index is 2.27. The van der Waals surface area contributed by atoms with E-state index in [0.29, 0.717) is 12.2 Å². The van der Waals surface area contributed by atoms with Gasteiger partial charge in [-0.25, -0.2) is 4.39 Å². The number of nitrogens with two attached hydrogens (primary N) is 1. The Labute approximate surface area is 82.9 Å². The van der Waals surface area contributed by atoms with Crippen molar-refractivity contribution < 1.29 is 9.13 Å². The molecule has 0 atom stereocenters. The normalized spacial score (nSPS) is 17.9. The van der Waals surface area contributed by atoms with Gasteiger partial charge in [-0.15, -0.1) is 0 Å². The summed E-state index contributed by atoms with van der Waals surface area (Å²) in [5.41, 5.74) is 6.73. The standard InChI is InChI=1S/C11H14FNO/c1-14-10-8(3-2-4-9(10)12)7-11(13)5-6-11/h2-4H,5-7,13H2,1H3. The fourth-order valence-corrected chi connectivity index (χ4v) is 1.64. The summed E-state index contributed by atoms with van der Waals surface area (Å²) in [6.07, 6.45) is 2.74. The van der Waals surface area contributed by atoms with Crippen molar-refractivity contribution >= 4 is 0 Å². The molecule has 0 bridgehead atoms. The number of para-hydroxylation sites is 1. The molecule has 0 heterocycles. The predicted molar refractivity (Wildman–Crippen MR) is 52.8 cm³/mol. The zero-order valence-electron chi connectivity index (χ0n) is 8.22. The minimum Gasteiger partial charge on any atom is -0.493 e. The summed E-state index contributed by atoms with van der Waals surface area (Å²) in [5, 5.41) is 0. The van der Waals surface area contributed by atoms with Crippen molar-refractivity contribution in [2.45, 2.75) is 24.8 Å². The second kappa shape index (κ2) is 3.24. The molecule has 2 rings (SSSR count). The zero-order valence-corrected chi connectivity index (χ0v) is 8.22. The first kappa shape index (κ1) is 9.46. The van der Waals surface area contributed by atoms with E-state index < -0.39 is 0 Å². The highest BCUT2D eigenvalue weighted by Gasteiger charge is 2.38. The Morgan fingerprint density at radius 3 is 2.79 bits per heavy atom. The molecule has 0 radical (unpaired) electrons. The van der Waals surface area contributed by atoms with Crippen molar-refractivity contribution in [1.29, 1.82) is 0 Å². The van der Waals surface area contributed by atoms with Crippen LogP contribution in [0, 0.1) is 5.82 Å². The van der Waals surface area contributed by atoms with E-state index in [1.165, 1.54) is 13.2 Å². The number of hydrogen-bond donors (Lipinski definition) is 1. The Kier molecular flexibility index (Phi) is 2.19. The second-order valence-electron chi connectivity index (χ2n) is 3.97. The van der Waals surface area contributed by atoms with Crippen molar-refractivity contribution in [3.8, 4) is 5.75 Å². The number of methoxy groups -OCH3 is 1. The van der Waals surface area contributed by atoms with Crippen molar-refractivity contribution in [1.82, 2.24) is 0 Å². The van der Waals surface area contributed by atoms with Crippen LogP contribution in [0.4, 0.5) is 4.39 Å². The molecule has 2 nitrogen and oxygen atoms in total. The molecule has 76 valence electrons. The van der Waals surface area contributed by atoms with Crippen molar-refractivity contribution in [2.24, 2.45) is 5.73 Å². The highest BCUT2D eigenvalue weighted by Crippen LogP contribution is 2.38. The average molecular weight is 195 g/mol. The maximum Gasteiger partial charge on any atom is 0.165 e. The van der Waals surface area contributed by atoms with Gasteiger partial charge in [-0.3, -0.25) is 0 Å². The molecule has 0 aliphatic heterocycles. The molecule has 14 heavy (non-hydrogen) atoms. The molecule has 1 aromatic rings. The molecule has 0 unspecified atom stereocenters. The molecule has 2 N–H and O–H groups in total. The van der Waals surface area contributed by atoms with Gasteiger partial charge >= 0.3 is 0 Å². The highest BCUT2D eigenvalue weighted by molar-refractivity contribution is 5.37. The molecule has 1 aromatic carbocycles. The van der Waals surface area contributed by atoms with Gasteiger partial charge in [-0.05, 0) is 30.9 Å². The van der Waals surface area contributed by atoms with E-state index in [-0.39, 0.29) is 11.4 Å². The summed E-state index contributed by atoms with van der Waals surface area (Å²) in [7, 11) is 1.48. The zero-order chi connectivity index (χ0) is 10.2. The van der Waals surface area contributed by atoms with Crippen LogP contribution in [0.15, 0.2) is 18.2 Å². The summed E-state index contributed by atoms with van der Waals surface area (Å²) in [5.74, 6) is 0.0264. The fourth-order valence-electron chi connectivity index (χ4n) is 1.64. The van der Waals surface area contributed by atoms with Gasteiger partial charge in [-0.2, -0.15) is 0 Å². The third-order valence-corrected chi connectivity index (χ3v) is 2.69. The lowest BCUT2D eigenvalue weighted by molar-refractivity contribution is 0.379. The van der Waals surface area contributed by atoms with Gasteiger partial charge < -0.3 is 10.5 Å². The van der Waals surface area contributed by atoms with Gasteiger partial charge in [0.1, 0.15) is 0 Å². The van der Waals surface area contributed by atoms with Gasteiger partial charge in [-0.1, -0.05) is 12.1 Å². The van der Waals surface area contributed by atoms with Crippen molar-refractivity contribution in [3.05, 3.63) is 29.6 Å². The monoisotopic (exact) mass is 195 g/mol. The van der Waals surface area contributed by atoms with E-state index in [1.54, 1.807) is 6.07 Å². The molecule has 1 aliphatic carbocycles. The SMILES string of the molecule is COc1c(F)cccc1CC1(N)CC1. The van der Waals surface area contributed by atoms with Gasteiger partial charge in [0.05, 0.1) is 7.11 Å². The second-order valence-corrected chi connectivity index (χ2v) is 3.97. The van der Waals surface area contributed by atoms with Crippen LogP contribution in [0.3, 0.4) is 0 Å². The van der Waals surface area contributed by atoms with Gasteiger partial charge in [0.25, 0.3) is 0 Å². The van der Waals surface area contributed by atoms with E-state index in [2.05, 4.69) is 0 Å². The third-order valence-electron chi connectivity index (χ3n) is 2.69. The maximum absolute atomic E-state index is 13.3. The molecule has 0 saturated heterocycles. The summed E-state index contributed by atoms with van der Waals surface area (Å²) in [6.45, 7) is 0. The van der Waals surface area contributed by atoms with Crippen LogP contribution in [0.25, 0.3) is 0 Å². The van der Waals surface area contributed by atoms with Crippen molar-refractivity contribution in [2.75, 3.05) is 7.11 Å². The molecule has 0 aromatic heterocycles. The van der Waals surface area contributed by atoms with E-state index in [9.17, 15) is 4.39 Å².